The van der Waals surface area contributed by atoms with Crippen molar-refractivity contribution in [2.24, 2.45) is 5.92 Å². The van der Waals surface area contributed by atoms with Crippen molar-refractivity contribution in [1.82, 2.24) is 5.32 Å². The Hall–Kier alpha value is -1.20. The molecular weight excluding hydrogens is 437 g/mol. The van der Waals surface area contributed by atoms with Crippen LogP contribution in [0.15, 0.2) is 63.1 Å². The molecule has 5 heteroatoms. The standard InChI is InChI=1S/C19H20Br2FNO/c1-11(2)10-23-17(24)8-12(3)4-6-14-18(19(14)22)13-5-7-15(20)16(21)9-13/h4-9,14,18-19H,1,10H2,2-3H3,(H,23,24)/t14?,18-,19+/m1/s1. The number of alkyl halides is 1. The molecule has 1 aromatic rings. The van der Waals surface area contributed by atoms with Crippen molar-refractivity contribution in [3.05, 3.63) is 68.7 Å². The SMILES string of the molecule is C=C(C)CNC(=O)C=C(C)C=CC1[C@@H](c2ccc(Br)c(Br)c2)[C@H]1F. The predicted octanol–water partition coefficient (Wildman–Crippen LogP) is 5.46. The molecule has 24 heavy (non-hydrogen) atoms. The van der Waals surface area contributed by atoms with Gasteiger partial charge in [0.1, 0.15) is 6.17 Å². The Morgan fingerprint density at radius 1 is 1.33 bits per heavy atom. The molecule has 0 bridgehead atoms. The van der Waals surface area contributed by atoms with Gasteiger partial charge in [-0.15, -0.1) is 0 Å². The number of carbonyl (C=O) groups is 1. The van der Waals surface area contributed by atoms with Crippen LogP contribution in [0, 0.1) is 5.92 Å². The molecule has 1 saturated carbocycles. The third kappa shape index (κ3) is 5.15. The Balaban J connectivity index is 1.96. The molecular formula is C19H20Br2FNO. The van der Waals surface area contributed by atoms with Gasteiger partial charge < -0.3 is 5.32 Å². The average molecular weight is 457 g/mol. The molecule has 2 rings (SSSR count). The summed E-state index contributed by atoms with van der Waals surface area (Å²) in [5.74, 6) is -0.420. The Morgan fingerprint density at radius 2 is 2.04 bits per heavy atom. The molecule has 0 aliphatic heterocycles. The fraction of sp³-hybridized carbons (Fsp3) is 0.316. The maximum absolute atomic E-state index is 14.1. The maximum Gasteiger partial charge on any atom is 0.244 e. The fourth-order valence-corrected chi connectivity index (χ4v) is 3.10. The number of hydrogen-bond donors (Lipinski definition) is 1. The van der Waals surface area contributed by atoms with E-state index in [9.17, 15) is 9.18 Å². The van der Waals surface area contributed by atoms with Crippen molar-refractivity contribution in [2.45, 2.75) is 25.9 Å². The van der Waals surface area contributed by atoms with Crippen LogP contribution < -0.4 is 5.32 Å². The number of benzene rings is 1. The van der Waals surface area contributed by atoms with Gasteiger partial charge in [-0.3, -0.25) is 4.79 Å². The van der Waals surface area contributed by atoms with Crippen molar-refractivity contribution in [2.75, 3.05) is 6.54 Å². The van der Waals surface area contributed by atoms with Gasteiger partial charge in [0, 0.05) is 33.4 Å². The van der Waals surface area contributed by atoms with Crippen molar-refractivity contribution < 1.29 is 9.18 Å². The first-order chi connectivity index (χ1) is 11.3. The Kier molecular flexibility index (Phi) is 6.58. The lowest BCUT2D eigenvalue weighted by atomic mass is 10.1. The van der Waals surface area contributed by atoms with Gasteiger partial charge in [-0.1, -0.05) is 30.4 Å². The van der Waals surface area contributed by atoms with Gasteiger partial charge >= 0.3 is 0 Å². The molecule has 2 nitrogen and oxygen atoms in total. The first-order valence-corrected chi connectivity index (χ1v) is 9.26. The Labute approximate surface area is 159 Å². The van der Waals surface area contributed by atoms with E-state index in [4.69, 9.17) is 0 Å². The summed E-state index contributed by atoms with van der Waals surface area (Å²) in [6, 6.07) is 5.80. The zero-order valence-corrected chi connectivity index (χ0v) is 16.8. The van der Waals surface area contributed by atoms with E-state index in [0.29, 0.717) is 6.54 Å². The maximum atomic E-state index is 14.1. The number of rotatable bonds is 6. The first-order valence-electron chi connectivity index (χ1n) is 7.67. The highest BCUT2D eigenvalue weighted by atomic mass is 79.9. The van der Waals surface area contributed by atoms with Crippen LogP contribution in [0.2, 0.25) is 0 Å². The number of amides is 1. The minimum Gasteiger partial charge on any atom is -0.349 e. The lowest BCUT2D eigenvalue weighted by molar-refractivity contribution is -0.116. The van der Waals surface area contributed by atoms with Gasteiger partial charge in [0.2, 0.25) is 5.91 Å². The van der Waals surface area contributed by atoms with Gasteiger partial charge in [-0.05, 0) is 69.0 Å². The van der Waals surface area contributed by atoms with Gasteiger partial charge in [-0.2, -0.15) is 0 Å². The number of carbonyl (C=O) groups excluding carboxylic acids is 1. The molecule has 1 aliphatic carbocycles. The summed E-state index contributed by atoms with van der Waals surface area (Å²) in [4.78, 5) is 11.7. The molecule has 1 amide bonds. The van der Waals surface area contributed by atoms with Crippen molar-refractivity contribution >= 4 is 37.8 Å². The number of halogens is 3. The summed E-state index contributed by atoms with van der Waals surface area (Å²) < 4.78 is 16.0. The Bertz CT molecular complexity index is 711. The van der Waals surface area contributed by atoms with E-state index in [2.05, 4.69) is 43.8 Å². The van der Waals surface area contributed by atoms with E-state index in [1.165, 1.54) is 6.08 Å². The van der Waals surface area contributed by atoms with Gasteiger partial charge in [-0.25, -0.2) is 4.39 Å². The van der Waals surface area contributed by atoms with E-state index < -0.39 is 6.17 Å². The molecule has 1 aromatic carbocycles. The van der Waals surface area contributed by atoms with E-state index in [-0.39, 0.29) is 17.7 Å². The topological polar surface area (TPSA) is 29.1 Å². The smallest absolute Gasteiger partial charge is 0.244 e. The quantitative estimate of drug-likeness (QED) is 0.343. The van der Waals surface area contributed by atoms with Crippen LogP contribution in [-0.4, -0.2) is 18.6 Å². The second kappa shape index (κ2) is 8.26. The van der Waals surface area contributed by atoms with Crippen LogP contribution in [-0.2, 0) is 4.79 Å². The van der Waals surface area contributed by atoms with Crippen LogP contribution in [0.3, 0.4) is 0 Å². The molecule has 1 aliphatic rings. The van der Waals surface area contributed by atoms with Crippen LogP contribution in [0.4, 0.5) is 4.39 Å². The minimum absolute atomic E-state index is 0.115. The average Bonchev–Trinajstić information content (AvgIpc) is 3.16. The predicted molar refractivity (Wildman–Crippen MR) is 104 cm³/mol. The summed E-state index contributed by atoms with van der Waals surface area (Å²) in [6.45, 7) is 7.88. The fourth-order valence-electron chi connectivity index (χ4n) is 2.45. The molecule has 0 heterocycles. The van der Waals surface area contributed by atoms with Crippen molar-refractivity contribution in [3.8, 4) is 0 Å². The van der Waals surface area contributed by atoms with E-state index in [0.717, 1.165) is 25.7 Å². The summed E-state index contributed by atoms with van der Waals surface area (Å²) >= 11 is 6.87. The third-order valence-corrected chi connectivity index (χ3v) is 5.70. The zero-order chi connectivity index (χ0) is 17.9. The van der Waals surface area contributed by atoms with Gasteiger partial charge in [0.25, 0.3) is 0 Å². The van der Waals surface area contributed by atoms with Crippen LogP contribution >= 0.6 is 31.9 Å². The largest absolute Gasteiger partial charge is 0.349 e. The molecule has 128 valence electrons. The van der Waals surface area contributed by atoms with Gasteiger partial charge in [0.05, 0.1) is 0 Å². The molecule has 0 saturated heterocycles. The summed E-state index contributed by atoms with van der Waals surface area (Å²) in [6.07, 6.45) is 4.30. The van der Waals surface area contributed by atoms with Crippen LogP contribution in [0.25, 0.3) is 0 Å². The molecule has 1 N–H and O–H groups in total. The molecule has 0 spiro atoms. The summed E-state index contributed by atoms with van der Waals surface area (Å²) in [5.41, 5.74) is 2.67. The Morgan fingerprint density at radius 3 is 2.67 bits per heavy atom. The van der Waals surface area contributed by atoms with Crippen LogP contribution in [0.1, 0.15) is 25.3 Å². The minimum atomic E-state index is -0.876. The zero-order valence-electron chi connectivity index (χ0n) is 13.7. The normalized spacial score (nSPS) is 23.4. The summed E-state index contributed by atoms with van der Waals surface area (Å²) in [7, 11) is 0. The van der Waals surface area contributed by atoms with Crippen molar-refractivity contribution in [1.29, 1.82) is 0 Å². The number of nitrogens with one attached hydrogen (secondary N) is 1. The highest BCUT2D eigenvalue weighted by molar-refractivity contribution is 9.13. The van der Waals surface area contributed by atoms with Gasteiger partial charge in [0.15, 0.2) is 0 Å². The van der Waals surface area contributed by atoms with E-state index in [1.54, 1.807) is 0 Å². The highest BCUT2D eigenvalue weighted by Gasteiger charge is 2.50. The second-order valence-electron chi connectivity index (χ2n) is 6.14. The first kappa shape index (κ1) is 19.1. The highest BCUT2D eigenvalue weighted by Crippen LogP contribution is 2.52. The second-order valence-corrected chi connectivity index (χ2v) is 7.85. The molecule has 0 aromatic heterocycles. The molecule has 3 atom stereocenters. The molecule has 0 radical (unpaired) electrons. The van der Waals surface area contributed by atoms with E-state index in [1.807, 2.05) is 44.2 Å². The van der Waals surface area contributed by atoms with Crippen LogP contribution in [0.5, 0.6) is 0 Å². The molecule has 1 unspecified atom stereocenters. The number of allylic oxidation sites excluding steroid dienone is 3. The summed E-state index contributed by atoms with van der Waals surface area (Å²) in [5, 5.41) is 2.74. The number of hydrogen-bond acceptors (Lipinski definition) is 1. The third-order valence-electron chi connectivity index (χ3n) is 3.82. The van der Waals surface area contributed by atoms with Crippen molar-refractivity contribution in [3.63, 3.8) is 0 Å². The molecule has 1 fully saturated rings. The lowest BCUT2D eigenvalue weighted by Crippen LogP contribution is -2.22. The van der Waals surface area contributed by atoms with E-state index >= 15 is 0 Å². The lowest BCUT2D eigenvalue weighted by Gasteiger charge is -2.01. The monoisotopic (exact) mass is 455 g/mol.